The zero-order valence-electron chi connectivity index (χ0n) is 14.7. The summed E-state index contributed by atoms with van der Waals surface area (Å²) in [4.78, 5) is 32.9. The maximum atomic E-state index is 12.8. The molecule has 2 atom stereocenters. The third-order valence-electron chi connectivity index (χ3n) is 4.79. The van der Waals surface area contributed by atoms with Crippen LogP contribution in [0.15, 0.2) is 28.9 Å². The lowest BCUT2D eigenvalue weighted by Crippen LogP contribution is -2.58. The lowest BCUT2D eigenvalue weighted by atomic mass is 9.95. The van der Waals surface area contributed by atoms with Gasteiger partial charge >= 0.3 is 5.97 Å². The van der Waals surface area contributed by atoms with Gasteiger partial charge in [0.1, 0.15) is 4.75 Å². The van der Waals surface area contributed by atoms with Gasteiger partial charge in [-0.25, -0.2) is 18.2 Å². The number of carboxylic acids is 1. The third-order valence-corrected chi connectivity index (χ3v) is 7.55. The maximum absolute atomic E-state index is 12.8. The van der Waals surface area contributed by atoms with Gasteiger partial charge in [-0.1, -0.05) is 6.07 Å². The predicted molar refractivity (Wildman–Crippen MR) is 96.8 cm³/mol. The number of aliphatic carboxylic acids is 1. The van der Waals surface area contributed by atoms with Crippen molar-refractivity contribution in [2.24, 2.45) is 16.5 Å². The molecule has 2 fully saturated rings. The molecule has 1 amide bonds. The van der Waals surface area contributed by atoms with E-state index in [4.69, 9.17) is 11.5 Å². The summed E-state index contributed by atoms with van der Waals surface area (Å²) in [6.07, 6.45) is 2.87. The maximum Gasteiger partial charge on any atom is 0.328 e. The first-order valence-corrected chi connectivity index (χ1v) is 9.54. The van der Waals surface area contributed by atoms with Gasteiger partial charge in [0.15, 0.2) is 27.2 Å². The number of rotatable bonds is 4. The Bertz CT molecular complexity index is 977. The topological polar surface area (TPSA) is 169 Å². The first-order chi connectivity index (χ1) is 12.5. The highest BCUT2D eigenvalue weighted by Crippen LogP contribution is 2.48. The van der Waals surface area contributed by atoms with Gasteiger partial charge in [0.2, 0.25) is 0 Å². The number of sulfone groups is 1. The van der Waals surface area contributed by atoms with E-state index in [0.29, 0.717) is 5.69 Å². The summed E-state index contributed by atoms with van der Waals surface area (Å²) in [6.45, 7) is 2.88. The molecule has 2 aliphatic rings. The van der Waals surface area contributed by atoms with Crippen LogP contribution in [0.25, 0.3) is 6.08 Å². The number of carbonyl (C=O) groups excluding carboxylic acids is 1. The SMILES string of the molecule is CC1(C)[C@H](C(=O)O)N2C(=O)/C(=C/c3ccc(CN=C(N)N)cn3)[C@H]2S1(=O)=O. The van der Waals surface area contributed by atoms with Crippen molar-refractivity contribution < 1.29 is 23.1 Å². The molecule has 3 heterocycles. The molecule has 27 heavy (non-hydrogen) atoms. The molecule has 1 aromatic heterocycles. The Morgan fingerprint density at radius 2 is 2.07 bits per heavy atom. The number of pyridine rings is 1. The van der Waals surface area contributed by atoms with Crippen molar-refractivity contribution in [1.29, 1.82) is 0 Å². The molecule has 0 spiro atoms. The number of fused-ring (bicyclic) bond motifs is 1. The molecule has 2 aliphatic heterocycles. The molecule has 0 aromatic carbocycles. The highest BCUT2D eigenvalue weighted by molar-refractivity contribution is 7.94. The van der Waals surface area contributed by atoms with Gasteiger partial charge in [0, 0.05) is 6.20 Å². The number of nitrogens with zero attached hydrogens (tertiary/aromatic N) is 3. The number of aromatic nitrogens is 1. The minimum atomic E-state index is -3.91. The highest BCUT2D eigenvalue weighted by atomic mass is 32.2. The van der Waals surface area contributed by atoms with Crippen LogP contribution < -0.4 is 11.5 Å². The Morgan fingerprint density at radius 3 is 2.59 bits per heavy atom. The number of aliphatic imine (C=N–C) groups is 1. The monoisotopic (exact) mass is 393 g/mol. The Morgan fingerprint density at radius 1 is 1.41 bits per heavy atom. The first-order valence-electron chi connectivity index (χ1n) is 7.99. The summed E-state index contributed by atoms with van der Waals surface area (Å²) in [5.74, 6) is -2.02. The van der Waals surface area contributed by atoms with Crippen molar-refractivity contribution in [3.05, 3.63) is 35.2 Å². The van der Waals surface area contributed by atoms with E-state index in [2.05, 4.69) is 9.98 Å². The lowest BCUT2D eigenvalue weighted by molar-refractivity contribution is -0.152. The van der Waals surface area contributed by atoms with Gasteiger partial charge in [-0.2, -0.15) is 0 Å². The Labute approximate surface area is 155 Å². The predicted octanol–water partition coefficient (Wildman–Crippen LogP) is -0.933. The van der Waals surface area contributed by atoms with Crippen molar-refractivity contribution in [3.8, 4) is 0 Å². The molecule has 0 saturated carbocycles. The quantitative estimate of drug-likeness (QED) is 0.255. The molecule has 0 bridgehead atoms. The van der Waals surface area contributed by atoms with Crippen LogP contribution in [0.4, 0.5) is 0 Å². The van der Waals surface area contributed by atoms with E-state index in [9.17, 15) is 23.1 Å². The normalized spacial score (nSPS) is 26.4. The van der Waals surface area contributed by atoms with Crippen LogP contribution in [-0.4, -0.2) is 57.4 Å². The molecule has 10 nitrogen and oxygen atoms in total. The van der Waals surface area contributed by atoms with E-state index in [0.717, 1.165) is 10.5 Å². The summed E-state index contributed by atoms with van der Waals surface area (Å²) in [5.41, 5.74) is 11.6. The number of amides is 1. The molecule has 3 rings (SSSR count). The fraction of sp³-hybridized carbons (Fsp3) is 0.375. The summed E-state index contributed by atoms with van der Waals surface area (Å²) >= 11 is 0. The largest absolute Gasteiger partial charge is 0.480 e. The van der Waals surface area contributed by atoms with Crippen LogP contribution in [0.3, 0.4) is 0 Å². The fourth-order valence-electron chi connectivity index (χ4n) is 3.30. The second-order valence-electron chi connectivity index (χ2n) is 6.89. The van der Waals surface area contributed by atoms with E-state index < -0.39 is 37.9 Å². The van der Waals surface area contributed by atoms with Crippen LogP contribution >= 0.6 is 0 Å². The molecule has 2 saturated heterocycles. The lowest BCUT2D eigenvalue weighted by Gasteiger charge is -2.37. The van der Waals surface area contributed by atoms with Crippen LogP contribution in [0.1, 0.15) is 25.1 Å². The van der Waals surface area contributed by atoms with Crippen molar-refractivity contribution in [1.82, 2.24) is 9.88 Å². The van der Waals surface area contributed by atoms with E-state index in [-0.39, 0.29) is 18.1 Å². The average Bonchev–Trinajstić information content (AvgIpc) is 2.72. The molecule has 0 aliphatic carbocycles. The Kier molecular flexibility index (Phi) is 4.22. The zero-order valence-corrected chi connectivity index (χ0v) is 15.5. The average molecular weight is 393 g/mol. The number of hydrogen-bond donors (Lipinski definition) is 3. The summed E-state index contributed by atoms with van der Waals surface area (Å²) in [5, 5.41) is 8.12. The minimum absolute atomic E-state index is 0.0105. The number of carboxylic acid groups (broad SMARTS) is 1. The molecular formula is C16H19N5O5S. The van der Waals surface area contributed by atoms with E-state index in [1.807, 2.05) is 0 Å². The van der Waals surface area contributed by atoms with Crippen molar-refractivity contribution in [2.45, 2.75) is 36.6 Å². The van der Waals surface area contributed by atoms with Crippen molar-refractivity contribution in [2.75, 3.05) is 0 Å². The highest BCUT2D eigenvalue weighted by Gasteiger charge is 2.70. The third kappa shape index (κ3) is 2.74. The summed E-state index contributed by atoms with van der Waals surface area (Å²) in [6, 6.07) is 1.87. The van der Waals surface area contributed by atoms with E-state index in [1.54, 1.807) is 12.1 Å². The summed E-state index contributed by atoms with van der Waals surface area (Å²) < 4.78 is 24.0. The summed E-state index contributed by atoms with van der Waals surface area (Å²) in [7, 11) is -3.91. The van der Waals surface area contributed by atoms with Crippen LogP contribution in [-0.2, 0) is 26.0 Å². The molecule has 0 radical (unpaired) electrons. The first kappa shape index (κ1) is 18.8. The molecular weight excluding hydrogens is 374 g/mol. The van der Waals surface area contributed by atoms with Crippen LogP contribution in [0.5, 0.6) is 0 Å². The second-order valence-corrected chi connectivity index (χ2v) is 9.47. The fourth-order valence-corrected chi connectivity index (χ4v) is 5.42. The zero-order chi connectivity index (χ0) is 20.1. The van der Waals surface area contributed by atoms with Gasteiger partial charge in [0.25, 0.3) is 5.91 Å². The van der Waals surface area contributed by atoms with Gasteiger partial charge in [0.05, 0.1) is 17.8 Å². The van der Waals surface area contributed by atoms with Gasteiger partial charge < -0.3 is 21.5 Å². The minimum Gasteiger partial charge on any atom is -0.480 e. The number of hydrogen-bond acceptors (Lipinski definition) is 6. The Balaban J connectivity index is 1.92. The van der Waals surface area contributed by atoms with Gasteiger partial charge in [-0.3, -0.25) is 9.78 Å². The van der Waals surface area contributed by atoms with Gasteiger partial charge in [-0.05, 0) is 31.6 Å². The molecule has 5 N–H and O–H groups in total. The number of guanidine groups is 1. The van der Waals surface area contributed by atoms with Crippen LogP contribution in [0.2, 0.25) is 0 Å². The van der Waals surface area contributed by atoms with Crippen LogP contribution in [0, 0.1) is 0 Å². The number of carbonyl (C=O) groups is 2. The Hall–Kier alpha value is -2.95. The smallest absolute Gasteiger partial charge is 0.328 e. The molecule has 11 heteroatoms. The second kappa shape index (κ2) is 6.05. The number of β-lactam (4-membered cyclic amide) rings is 1. The van der Waals surface area contributed by atoms with E-state index >= 15 is 0 Å². The molecule has 1 aromatic rings. The van der Waals surface area contributed by atoms with E-state index in [1.165, 1.54) is 26.1 Å². The molecule has 144 valence electrons. The van der Waals surface area contributed by atoms with Crippen molar-refractivity contribution >= 4 is 33.7 Å². The number of nitrogens with two attached hydrogens (primary N) is 2. The molecule has 0 unspecified atom stereocenters. The van der Waals surface area contributed by atoms with Gasteiger partial charge in [-0.15, -0.1) is 0 Å². The van der Waals surface area contributed by atoms with Crippen molar-refractivity contribution in [3.63, 3.8) is 0 Å². The standard InChI is InChI=1S/C16H19N5O5S/c1-16(2)11(14(23)24)21-12(22)10(13(21)27(16,25)26)5-9-4-3-8(6-19-9)7-20-15(17)18/h3-6,11,13H,7H2,1-2H3,(H,23,24)(H4,17,18,20)/b10-5-/t11-,13+/m0/s1.